The Hall–Kier alpha value is -3.05. The van der Waals surface area contributed by atoms with Crippen LogP contribution < -0.4 is 15.0 Å². The maximum atomic E-state index is 12.2. The molecule has 0 aliphatic carbocycles. The number of carbonyl (C=O) groups excluding carboxylic acids is 1. The van der Waals surface area contributed by atoms with Crippen LogP contribution in [0.5, 0.6) is 11.5 Å². The van der Waals surface area contributed by atoms with Crippen molar-refractivity contribution in [3.05, 3.63) is 27.8 Å². The van der Waals surface area contributed by atoms with Gasteiger partial charge in [0.25, 0.3) is 5.56 Å². The minimum atomic E-state index is -0.284. The zero-order chi connectivity index (χ0) is 19.3. The molecule has 0 radical (unpaired) electrons. The Morgan fingerprint density at radius 1 is 1.31 bits per heavy atom. The van der Waals surface area contributed by atoms with E-state index in [2.05, 4.69) is 21.8 Å². The third-order valence-corrected chi connectivity index (χ3v) is 3.76. The number of benzene rings is 1. The quantitative estimate of drug-likeness (QED) is 0.641. The number of ether oxygens (including phenoxy) is 2. The molecule has 2 rings (SSSR count). The van der Waals surface area contributed by atoms with E-state index in [1.165, 1.54) is 28.4 Å². The average molecular weight is 359 g/mol. The standard InChI is InChI=1S/C18H21N3O5/c1-11-19-16-12(8-6-7-9-15(22)21(2)26-5)17(25-4)14(24-3)10-13(16)18(23)20-11/h10H,7,9H2,1-5H3,(H,19,20,23). The van der Waals surface area contributed by atoms with Crippen LogP contribution in [0.25, 0.3) is 10.9 Å². The maximum absolute atomic E-state index is 12.2. The van der Waals surface area contributed by atoms with E-state index in [1.807, 2.05) is 0 Å². The Morgan fingerprint density at radius 3 is 2.65 bits per heavy atom. The summed E-state index contributed by atoms with van der Waals surface area (Å²) in [4.78, 5) is 35.9. The Bertz CT molecular complexity index is 940. The van der Waals surface area contributed by atoms with Gasteiger partial charge in [-0.15, -0.1) is 0 Å². The third-order valence-electron chi connectivity index (χ3n) is 3.76. The molecular formula is C18H21N3O5. The molecule has 0 atom stereocenters. The van der Waals surface area contributed by atoms with Crippen LogP contribution in [0.2, 0.25) is 0 Å². The SMILES string of the molecule is COc1cc2c(=O)[nH]c(C)nc2c(C#CCCC(=O)N(C)OC)c1OC. The van der Waals surface area contributed by atoms with Gasteiger partial charge in [-0.3, -0.25) is 14.4 Å². The van der Waals surface area contributed by atoms with Crippen molar-refractivity contribution in [3.8, 4) is 23.3 Å². The summed E-state index contributed by atoms with van der Waals surface area (Å²) in [6, 6.07) is 1.57. The van der Waals surface area contributed by atoms with E-state index < -0.39 is 0 Å². The molecule has 8 heteroatoms. The molecule has 0 bridgehead atoms. The van der Waals surface area contributed by atoms with Gasteiger partial charge in [0.2, 0.25) is 5.91 Å². The van der Waals surface area contributed by atoms with E-state index in [9.17, 15) is 9.59 Å². The summed E-state index contributed by atoms with van der Waals surface area (Å²) in [5.41, 5.74) is 0.591. The molecular weight excluding hydrogens is 338 g/mol. The topological polar surface area (TPSA) is 93.8 Å². The maximum Gasteiger partial charge on any atom is 0.258 e. The zero-order valence-corrected chi connectivity index (χ0v) is 15.4. The van der Waals surface area contributed by atoms with Gasteiger partial charge in [0.05, 0.1) is 37.8 Å². The minimum absolute atomic E-state index is 0.185. The first-order valence-corrected chi connectivity index (χ1v) is 7.88. The third kappa shape index (κ3) is 3.95. The number of hydroxylamine groups is 2. The van der Waals surface area contributed by atoms with Crippen molar-refractivity contribution in [1.82, 2.24) is 15.0 Å². The van der Waals surface area contributed by atoms with Crippen LogP contribution in [-0.4, -0.2) is 49.3 Å². The highest BCUT2D eigenvalue weighted by molar-refractivity contribution is 5.89. The van der Waals surface area contributed by atoms with Gasteiger partial charge in [-0.05, 0) is 13.0 Å². The number of rotatable bonds is 5. The lowest BCUT2D eigenvalue weighted by Gasteiger charge is -2.12. The summed E-state index contributed by atoms with van der Waals surface area (Å²) in [6.45, 7) is 1.69. The molecule has 0 saturated heterocycles. The number of fused-ring (bicyclic) bond motifs is 1. The van der Waals surface area contributed by atoms with Crippen molar-refractivity contribution in [3.63, 3.8) is 0 Å². The van der Waals surface area contributed by atoms with Crippen molar-refractivity contribution < 1.29 is 19.1 Å². The summed E-state index contributed by atoms with van der Waals surface area (Å²) in [7, 11) is 5.93. The van der Waals surface area contributed by atoms with Gasteiger partial charge in [-0.2, -0.15) is 0 Å². The fourth-order valence-corrected chi connectivity index (χ4v) is 2.40. The summed E-state index contributed by atoms with van der Waals surface area (Å²) in [5, 5.41) is 1.50. The predicted octanol–water partition coefficient (Wildman–Crippen LogP) is 1.40. The highest BCUT2D eigenvalue weighted by atomic mass is 16.7. The zero-order valence-electron chi connectivity index (χ0n) is 15.4. The van der Waals surface area contributed by atoms with Crippen LogP contribution in [-0.2, 0) is 9.63 Å². The van der Waals surface area contributed by atoms with E-state index in [0.29, 0.717) is 40.2 Å². The molecule has 0 saturated carbocycles. The molecule has 0 unspecified atom stereocenters. The number of amides is 1. The van der Waals surface area contributed by atoms with Gasteiger partial charge in [-0.1, -0.05) is 11.8 Å². The molecule has 0 fully saturated rings. The van der Waals surface area contributed by atoms with E-state index in [1.54, 1.807) is 13.0 Å². The first kappa shape index (κ1) is 19.3. The van der Waals surface area contributed by atoms with Crippen molar-refractivity contribution in [2.45, 2.75) is 19.8 Å². The van der Waals surface area contributed by atoms with E-state index in [-0.39, 0.29) is 17.9 Å². The molecule has 0 aliphatic rings. The number of aromatic amines is 1. The number of aryl methyl sites for hydroxylation is 1. The smallest absolute Gasteiger partial charge is 0.258 e. The molecule has 1 N–H and O–H groups in total. The number of carbonyl (C=O) groups is 1. The average Bonchev–Trinajstić information content (AvgIpc) is 2.63. The number of aromatic nitrogens is 2. The van der Waals surface area contributed by atoms with Gasteiger partial charge in [0, 0.05) is 19.9 Å². The van der Waals surface area contributed by atoms with Gasteiger partial charge in [-0.25, -0.2) is 10.0 Å². The Kier molecular flexibility index (Phi) is 6.20. The van der Waals surface area contributed by atoms with E-state index in [0.717, 1.165) is 5.06 Å². The number of H-pyrrole nitrogens is 1. The molecule has 26 heavy (non-hydrogen) atoms. The lowest BCUT2D eigenvalue weighted by molar-refractivity contribution is -0.168. The van der Waals surface area contributed by atoms with Crippen LogP contribution in [0, 0.1) is 18.8 Å². The fraction of sp³-hybridized carbons (Fsp3) is 0.389. The molecule has 1 aromatic heterocycles. The van der Waals surface area contributed by atoms with Crippen LogP contribution >= 0.6 is 0 Å². The highest BCUT2D eigenvalue weighted by Crippen LogP contribution is 2.35. The molecule has 1 amide bonds. The number of hydrogen-bond donors (Lipinski definition) is 1. The molecule has 138 valence electrons. The predicted molar refractivity (Wildman–Crippen MR) is 96.1 cm³/mol. The second-order valence-electron chi connectivity index (χ2n) is 5.41. The van der Waals surface area contributed by atoms with Crippen LogP contribution in [0.4, 0.5) is 0 Å². The number of hydrogen-bond acceptors (Lipinski definition) is 6. The summed E-state index contributed by atoms with van der Waals surface area (Å²) >= 11 is 0. The van der Waals surface area contributed by atoms with Gasteiger partial charge in [0.1, 0.15) is 5.82 Å². The highest BCUT2D eigenvalue weighted by Gasteiger charge is 2.17. The normalized spacial score (nSPS) is 10.2. The van der Waals surface area contributed by atoms with Crippen molar-refractivity contribution in [1.29, 1.82) is 0 Å². The van der Waals surface area contributed by atoms with Gasteiger partial charge < -0.3 is 14.5 Å². The number of methoxy groups -OCH3 is 2. The van der Waals surface area contributed by atoms with Crippen LogP contribution in [0.3, 0.4) is 0 Å². The second-order valence-corrected chi connectivity index (χ2v) is 5.41. The summed E-state index contributed by atoms with van der Waals surface area (Å²) in [6.07, 6.45) is 0.519. The van der Waals surface area contributed by atoms with Crippen molar-refractivity contribution >= 4 is 16.8 Å². The molecule has 1 heterocycles. The van der Waals surface area contributed by atoms with Crippen molar-refractivity contribution in [2.24, 2.45) is 0 Å². The summed E-state index contributed by atoms with van der Waals surface area (Å²) < 4.78 is 10.7. The van der Waals surface area contributed by atoms with Gasteiger partial charge in [0.15, 0.2) is 11.5 Å². The Labute approximate surface area is 151 Å². The molecule has 8 nitrogen and oxygen atoms in total. The second kappa shape index (κ2) is 8.36. The Morgan fingerprint density at radius 2 is 2.04 bits per heavy atom. The molecule has 1 aromatic carbocycles. The van der Waals surface area contributed by atoms with Gasteiger partial charge >= 0.3 is 0 Å². The van der Waals surface area contributed by atoms with Crippen LogP contribution in [0.1, 0.15) is 24.2 Å². The van der Waals surface area contributed by atoms with Crippen LogP contribution in [0.15, 0.2) is 10.9 Å². The fourth-order valence-electron chi connectivity index (χ4n) is 2.40. The molecule has 0 spiro atoms. The minimum Gasteiger partial charge on any atom is -0.493 e. The van der Waals surface area contributed by atoms with Crippen molar-refractivity contribution in [2.75, 3.05) is 28.4 Å². The van der Waals surface area contributed by atoms with E-state index >= 15 is 0 Å². The Balaban J connectivity index is 2.50. The molecule has 2 aromatic rings. The summed E-state index contributed by atoms with van der Waals surface area (Å²) in [5.74, 6) is 6.96. The largest absolute Gasteiger partial charge is 0.493 e. The monoisotopic (exact) mass is 359 g/mol. The molecule has 0 aliphatic heterocycles. The first-order chi connectivity index (χ1) is 12.4. The lowest BCUT2D eigenvalue weighted by Crippen LogP contribution is -2.24. The first-order valence-electron chi connectivity index (χ1n) is 7.88. The number of nitrogens with one attached hydrogen (secondary N) is 1. The lowest BCUT2D eigenvalue weighted by atomic mass is 10.1. The van der Waals surface area contributed by atoms with E-state index in [4.69, 9.17) is 14.3 Å². The number of nitrogens with zero attached hydrogens (tertiary/aromatic N) is 2.